The van der Waals surface area contributed by atoms with Gasteiger partial charge in [0.1, 0.15) is 5.15 Å². The number of hydrogen-bond donors (Lipinski definition) is 2. The molecule has 3 rings (SSSR count). The SMILES string of the molecule is CNC(=O)c1ccc(/C=C/C(=O)NCc2ccc(Cl)n2-c2ccc(Cl)c(CCl)c2Cl)cc1. The second kappa shape index (κ2) is 10.9. The number of amides is 2. The lowest BCUT2D eigenvalue weighted by molar-refractivity contribution is -0.116. The highest BCUT2D eigenvalue weighted by Crippen LogP contribution is 2.34. The number of carbonyl (C=O) groups is 2. The van der Waals surface area contributed by atoms with E-state index in [1.54, 1.807) is 66.2 Å². The number of rotatable bonds is 7. The maximum atomic E-state index is 12.3. The van der Waals surface area contributed by atoms with E-state index in [9.17, 15) is 9.59 Å². The van der Waals surface area contributed by atoms with Crippen LogP contribution >= 0.6 is 46.4 Å². The third kappa shape index (κ3) is 5.48. The summed E-state index contributed by atoms with van der Waals surface area (Å²) < 4.78 is 1.73. The highest BCUT2D eigenvalue weighted by molar-refractivity contribution is 6.38. The molecule has 2 aromatic carbocycles. The van der Waals surface area contributed by atoms with Gasteiger partial charge in [0, 0.05) is 35.0 Å². The van der Waals surface area contributed by atoms with E-state index >= 15 is 0 Å². The van der Waals surface area contributed by atoms with Crippen molar-refractivity contribution in [3.63, 3.8) is 0 Å². The van der Waals surface area contributed by atoms with Gasteiger partial charge < -0.3 is 15.2 Å². The Hall–Kier alpha value is -2.44. The van der Waals surface area contributed by atoms with Gasteiger partial charge in [0.25, 0.3) is 5.91 Å². The predicted octanol–water partition coefficient (Wildman–Crippen LogP) is 5.87. The van der Waals surface area contributed by atoms with Gasteiger partial charge in [-0.2, -0.15) is 0 Å². The lowest BCUT2D eigenvalue weighted by atomic mass is 10.1. The predicted molar refractivity (Wildman–Crippen MR) is 131 cm³/mol. The number of carbonyl (C=O) groups excluding carboxylic acids is 2. The minimum Gasteiger partial charge on any atom is -0.355 e. The van der Waals surface area contributed by atoms with E-state index < -0.39 is 0 Å². The van der Waals surface area contributed by atoms with Gasteiger partial charge in [-0.05, 0) is 48.0 Å². The van der Waals surface area contributed by atoms with Crippen molar-refractivity contribution >= 4 is 64.3 Å². The van der Waals surface area contributed by atoms with Crippen molar-refractivity contribution in [3.8, 4) is 5.69 Å². The molecule has 3 aromatic rings. The van der Waals surface area contributed by atoms with Crippen LogP contribution in [0.25, 0.3) is 11.8 Å². The fourth-order valence-corrected chi connectivity index (χ4v) is 4.30. The molecule has 5 nitrogen and oxygen atoms in total. The average molecular weight is 511 g/mol. The molecule has 0 aliphatic carbocycles. The maximum Gasteiger partial charge on any atom is 0.251 e. The fraction of sp³-hybridized carbons (Fsp3) is 0.130. The van der Waals surface area contributed by atoms with Crippen molar-refractivity contribution < 1.29 is 9.59 Å². The van der Waals surface area contributed by atoms with Crippen LogP contribution in [0.3, 0.4) is 0 Å². The number of aromatic nitrogens is 1. The molecule has 2 amide bonds. The van der Waals surface area contributed by atoms with E-state index in [0.29, 0.717) is 32.0 Å². The van der Waals surface area contributed by atoms with Gasteiger partial charge in [-0.15, -0.1) is 11.6 Å². The maximum absolute atomic E-state index is 12.3. The van der Waals surface area contributed by atoms with E-state index in [-0.39, 0.29) is 24.2 Å². The Morgan fingerprint density at radius 3 is 2.38 bits per heavy atom. The molecule has 0 atom stereocenters. The van der Waals surface area contributed by atoms with Crippen LogP contribution in [0.1, 0.15) is 27.2 Å². The molecule has 0 aliphatic rings. The molecule has 0 bridgehead atoms. The largest absolute Gasteiger partial charge is 0.355 e. The van der Waals surface area contributed by atoms with Gasteiger partial charge in [0.2, 0.25) is 5.91 Å². The average Bonchev–Trinajstić information content (AvgIpc) is 3.16. The zero-order valence-corrected chi connectivity index (χ0v) is 20.0. The Kier molecular flexibility index (Phi) is 8.26. The standard InChI is InChI=1S/C23H19Cl4N3O2/c1-28-23(32)15-5-2-14(3-6-15)4-11-21(31)29-13-16-7-10-20(26)30(16)19-9-8-18(25)17(12-24)22(19)27/h2-11H,12-13H2,1H3,(H,28,32)(H,29,31)/b11-4+. The van der Waals surface area contributed by atoms with Crippen LogP contribution in [0.5, 0.6) is 0 Å². The van der Waals surface area contributed by atoms with E-state index in [0.717, 1.165) is 11.3 Å². The Labute approximate surface area is 205 Å². The molecular formula is C23H19Cl4N3O2. The molecule has 0 saturated carbocycles. The zero-order chi connectivity index (χ0) is 23.3. The molecule has 0 spiro atoms. The molecule has 32 heavy (non-hydrogen) atoms. The summed E-state index contributed by atoms with van der Waals surface area (Å²) in [7, 11) is 1.57. The fourth-order valence-electron chi connectivity index (χ4n) is 3.04. The molecule has 0 fully saturated rings. The molecule has 0 unspecified atom stereocenters. The molecule has 0 aliphatic heterocycles. The van der Waals surface area contributed by atoms with Crippen LogP contribution in [-0.2, 0) is 17.2 Å². The van der Waals surface area contributed by atoms with Crippen LogP contribution in [0.4, 0.5) is 0 Å². The van der Waals surface area contributed by atoms with Gasteiger partial charge in [0.15, 0.2) is 0 Å². The summed E-state index contributed by atoms with van der Waals surface area (Å²) in [5.41, 5.74) is 3.30. The minimum atomic E-state index is -0.284. The Morgan fingerprint density at radius 1 is 1.00 bits per heavy atom. The number of nitrogens with zero attached hydrogens (tertiary/aromatic N) is 1. The summed E-state index contributed by atoms with van der Waals surface area (Å²) >= 11 is 25.0. The molecule has 9 heteroatoms. The van der Waals surface area contributed by atoms with Crippen LogP contribution in [0.15, 0.2) is 54.6 Å². The minimum absolute atomic E-state index is 0.158. The van der Waals surface area contributed by atoms with Gasteiger partial charge >= 0.3 is 0 Å². The number of alkyl halides is 1. The monoisotopic (exact) mass is 509 g/mol. The zero-order valence-electron chi connectivity index (χ0n) is 17.0. The van der Waals surface area contributed by atoms with E-state index in [1.165, 1.54) is 6.08 Å². The van der Waals surface area contributed by atoms with Crippen molar-refractivity contribution in [2.45, 2.75) is 12.4 Å². The highest BCUT2D eigenvalue weighted by atomic mass is 35.5. The number of halogens is 4. The molecule has 2 N–H and O–H groups in total. The van der Waals surface area contributed by atoms with Gasteiger partial charge in [-0.1, -0.05) is 46.9 Å². The quantitative estimate of drug-likeness (QED) is 0.308. The summed E-state index contributed by atoms with van der Waals surface area (Å²) in [6.07, 6.45) is 3.09. The van der Waals surface area contributed by atoms with Crippen molar-refractivity contribution in [2.24, 2.45) is 0 Å². The van der Waals surface area contributed by atoms with Crippen LogP contribution in [-0.4, -0.2) is 23.4 Å². The summed E-state index contributed by atoms with van der Waals surface area (Å²) in [6, 6.07) is 13.9. The lowest BCUT2D eigenvalue weighted by Gasteiger charge is -2.15. The van der Waals surface area contributed by atoms with Gasteiger partial charge in [-0.3, -0.25) is 9.59 Å². The Balaban J connectivity index is 1.71. The molecule has 166 valence electrons. The number of nitrogens with one attached hydrogen (secondary N) is 2. The molecule has 1 heterocycles. The van der Waals surface area contributed by atoms with Crippen LogP contribution in [0, 0.1) is 0 Å². The normalized spacial score (nSPS) is 11.0. The van der Waals surface area contributed by atoms with E-state index in [1.807, 2.05) is 0 Å². The van der Waals surface area contributed by atoms with Crippen molar-refractivity contribution in [3.05, 3.63) is 92.2 Å². The third-order valence-electron chi connectivity index (χ3n) is 4.73. The highest BCUT2D eigenvalue weighted by Gasteiger charge is 2.16. The van der Waals surface area contributed by atoms with Crippen LogP contribution in [0.2, 0.25) is 15.2 Å². The van der Waals surface area contributed by atoms with Crippen LogP contribution < -0.4 is 10.6 Å². The first-order valence-corrected chi connectivity index (χ1v) is 11.2. The number of hydrogen-bond acceptors (Lipinski definition) is 2. The third-order valence-corrected chi connectivity index (χ3v) is 6.06. The van der Waals surface area contributed by atoms with Gasteiger partial charge in [-0.25, -0.2) is 0 Å². The van der Waals surface area contributed by atoms with Gasteiger partial charge in [0.05, 0.1) is 23.1 Å². The smallest absolute Gasteiger partial charge is 0.251 e. The summed E-state index contributed by atoms with van der Waals surface area (Å²) in [5, 5.41) is 6.70. The van der Waals surface area contributed by atoms with E-state index in [4.69, 9.17) is 46.4 Å². The van der Waals surface area contributed by atoms with Crippen molar-refractivity contribution in [1.82, 2.24) is 15.2 Å². The topological polar surface area (TPSA) is 63.1 Å². The number of benzene rings is 2. The van der Waals surface area contributed by atoms with Crippen molar-refractivity contribution in [1.29, 1.82) is 0 Å². The molecular weight excluding hydrogens is 492 g/mol. The van der Waals surface area contributed by atoms with Crippen molar-refractivity contribution in [2.75, 3.05) is 7.05 Å². The molecule has 0 saturated heterocycles. The molecule has 0 radical (unpaired) electrons. The first kappa shape index (κ1) is 24.2. The first-order chi connectivity index (χ1) is 15.3. The lowest BCUT2D eigenvalue weighted by Crippen LogP contribution is -2.22. The Morgan fingerprint density at radius 2 is 1.72 bits per heavy atom. The first-order valence-electron chi connectivity index (χ1n) is 9.53. The second-order valence-electron chi connectivity index (χ2n) is 6.73. The Bertz CT molecular complexity index is 1170. The summed E-state index contributed by atoms with van der Waals surface area (Å²) in [4.78, 5) is 23.9. The summed E-state index contributed by atoms with van der Waals surface area (Å²) in [6.45, 7) is 0.223. The summed E-state index contributed by atoms with van der Waals surface area (Å²) in [5.74, 6) is -0.294. The van der Waals surface area contributed by atoms with E-state index in [2.05, 4.69) is 10.6 Å². The molecule has 1 aromatic heterocycles. The second-order valence-corrected chi connectivity index (χ2v) is 8.17.